The van der Waals surface area contributed by atoms with E-state index in [4.69, 9.17) is 5.84 Å². The van der Waals surface area contributed by atoms with Crippen LogP contribution in [0, 0.1) is 16.0 Å². The maximum atomic E-state index is 12.2. The molecule has 0 spiro atoms. The monoisotopic (exact) mass is 300 g/mol. The van der Waals surface area contributed by atoms with Crippen LogP contribution in [0.4, 0.5) is 11.4 Å². The number of nitrogens with one attached hydrogen (secondary N) is 2. The number of non-ortho nitro benzene ring substituents is 1. The third kappa shape index (κ3) is 3.06. The molecule has 0 radical (unpaired) electrons. The molecule has 0 amide bonds. The second-order valence-corrected chi connectivity index (χ2v) is 6.47. The van der Waals surface area contributed by atoms with Crippen molar-refractivity contribution in [3.05, 3.63) is 28.3 Å². The molecular weight excluding hydrogens is 284 g/mol. The van der Waals surface area contributed by atoms with Crippen LogP contribution in [0.3, 0.4) is 0 Å². The molecule has 1 aliphatic carbocycles. The lowest BCUT2D eigenvalue weighted by Gasteiger charge is -2.25. The first-order chi connectivity index (χ1) is 9.44. The van der Waals surface area contributed by atoms with Crippen molar-refractivity contribution in [2.45, 2.75) is 24.2 Å². The highest BCUT2D eigenvalue weighted by Crippen LogP contribution is 2.28. The van der Waals surface area contributed by atoms with Crippen molar-refractivity contribution in [2.75, 3.05) is 12.0 Å². The number of sulfonamides is 1. The summed E-state index contributed by atoms with van der Waals surface area (Å²) in [5.74, 6) is 5.62. The predicted molar refractivity (Wildman–Crippen MR) is 73.4 cm³/mol. The van der Waals surface area contributed by atoms with E-state index in [0.717, 1.165) is 31.4 Å². The normalized spacial score (nSPS) is 15.7. The lowest BCUT2D eigenvalue weighted by atomic mass is 9.86. The molecule has 0 heterocycles. The van der Waals surface area contributed by atoms with Gasteiger partial charge in [-0.2, -0.15) is 0 Å². The molecule has 110 valence electrons. The van der Waals surface area contributed by atoms with Gasteiger partial charge in [0, 0.05) is 18.7 Å². The van der Waals surface area contributed by atoms with E-state index in [1.165, 1.54) is 6.07 Å². The number of nitrogens with zero attached hydrogens (tertiary/aromatic N) is 1. The highest BCUT2D eigenvalue weighted by molar-refractivity contribution is 7.89. The van der Waals surface area contributed by atoms with Crippen molar-refractivity contribution >= 4 is 21.4 Å². The van der Waals surface area contributed by atoms with Gasteiger partial charge in [0.25, 0.3) is 5.69 Å². The van der Waals surface area contributed by atoms with Gasteiger partial charge in [0.05, 0.1) is 10.6 Å². The van der Waals surface area contributed by atoms with Crippen LogP contribution in [0.1, 0.15) is 19.3 Å². The van der Waals surface area contributed by atoms with Crippen molar-refractivity contribution in [2.24, 2.45) is 11.8 Å². The minimum absolute atomic E-state index is 0.000287. The van der Waals surface area contributed by atoms with Gasteiger partial charge >= 0.3 is 0 Å². The van der Waals surface area contributed by atoms with Gasteiger partial charge in [0.1, 0.15) is 4.90 Å². The molecule has 1 fully saturated rings. The summed E-state index contributed by atoms with van der Waals surface area (Å²) in [5.41, 5.74) is 1.96. The standard InChI is InChI=1S/C11H16N4O4S/c12-14-10-6-9(15(16)17)4-5-11(10)20(18,19)13-7-8-2-1-3-8/h4-6,8,13-14H,1-3,7,12H2. The third-order valence-corrected chi connectivity index (χ3v) is 4.89. The summed E-state index contributed by atoms with van der Waals surface area (Å²) in [4.78, 5) is 9.96. The molecule has 1 aromatic carbocycles. The van der Waals surface area contributed by atoms with Crippen LogP contribution in [0.15, 0.2) is 23.1 Å². The fourth-order valence-electron chi connectivity index (χ4n) is 1.98. The minimum atomic E-state index is -3.73. The lowest BCUT2D eigenvalue weighted by Crippen LogP contribution is -2.32. The van der Waals surface area contributed by atoms with E-state index in [9.17, 15) is 18.5 Å². The molecule has 2 rings (SSSR count). The van der Waals surface area contributed by atoms with Crippen molar-refractivity contribution in [1.82, 2.24) is 4.72 Å². The summed E-state index contributed by atoms with van der Waals surface area (Å²) in [5, 5.41) is 10.7. The first kappa shape index (κ1) is 14.7. The van der Waals surface area contributed by atoms with Crippen LogP contribution >= 0.6 is 0 Å². The molecule has 0 atom stereocenters. The molecule has 0 aliphatic heterocycles. The number of nitrogen functional groups attached to an aromatic ring is 1. The van der Waals surface area contributed by atoms with Gasteiger partial charge in [0.2, 0.25) is 10.0 Å². The average Bonchev–Trinajstić information content (AvgIpc) is 2.35. The fraction of sp³-hybridized carbons (Fsp3) is 0.455. The summed E-state index contributed by atoms with van der Waals surface area (Å²) < 4.78 is 26.8. The Morgan fingerprint density at radius 2 is 2.10 bits per heavy atom. The lowest BCUT2D eigenvalue weighted by molar-refractivity contribution is -0.384. The number of nitro groups is 1. The van der Waals surface area contributed by atoms with E-state index in [1.807, 2.05) is 0 Å². The van der Waals surface area contributed by atoms with Gasteiger partial charge in [-0.25, -0.2) is 13.1 Å². The molecule has 0 aromatic heterocycles. The van der Waals surface area contributed by atoms with E-state index in [1.54, 1.807) is 0 Å². The van der Waals surface area contributed by atoms with E-state index in [-0.39, 0.29) is 16.3 Å². The number of nitro benzene ring substituents is 1. The maximum absolute atomic E-state index is 12.2. The highest BCUT2D eigenvalue weighted by atomic mass is 32.2. The summed E-state index contributed by atoms with van der Waals surface area (Å²) in [6.07, 6.45) is 3.16. The first-order valence-electron chi connectivity index (χ1n) is 6.19. The summed E-state index contributed by atoms with van der Waals surface area (Å²) in [7, 11) is -3.73. The number of hydrazine groups is 1. The van der Waals surface area contributed by atoms with Crippen LogP contribution in [0.2, 0.25) is 0 Å². The van der Waals surface area contributed by atoms with Crippen molar-refractivity contribution in [3.63, 3.8) is 0 Å². The van der Waals surface area contributed by atoms with E-state index >= 15 is 0 Å². The van der Waals surface area contributed by atoms with Gasteiger partial charge in [-0.1, -0.05) is 6.42 Å². The summed E-state index contributed by atoms with van der Waals surface area (Å²) in [6, 6.07) is 3.41. The second-order valence-electron chi connectivity index (χ2n) is 4.73. The Labute approximate surface area is 116 Å². The van der Waals surface area contributed by atoms with Crippen molar-refractivity contribution in [1.29, 1.82) is 0 Å². The van der Waals surface area contributed by atoms with Crippen LogP contribution in [-0.2, 0) is 10.0 Å². The smallest absolute Gasteiger partial charge is 0.271 e. The summed E-state index contributed by atoms with van der Waals surface area (Å²) in [6.45, 7) is 0.378. The Bertz CT molecular complexity index is 613. The van der Waals surface area contributed by atoms with Crippen LogP contribution in [-0.4, -0.2) is 19.9 Å². The molecule has 0 unspecified atom stereocenters. The van der Waals surface area contributed by atoms with Crippen LogP contribution < -0.4 is 16.0 Å². The SMILES string of the molecule is NNc1cc([N+](=O)[O-])ccc1S(=O)(=O)NCC1CCC1. The van der Waals surface area contributed by atoms with E-state index in [0.29, 0.717) is 12.5 Å². The largest absolute Gasteiger partial charge is 0.323 e. The molecule has 1 saturated carbocycles. The van der Waals surface area contributed by atoms with Crippen molar-refractivity contribution < 1.29 is 13.3 Å². The number of hydrogen-bond donors (Lipinski definition) is 3. The molecule has 4 N–H and O–H groups in total. The molecule has 0 bridgehead atoms. The number of anilines is 1. The molecule has 20 heavy (non-hydrogen) atoms. The van der Waals surface area contributed by atoms with E-state index in [2.05, 4.69) is 10.1 Å². The highest BCUT2D eigenvalue weighted by Gasteiger charge is 2.24. The van der Waals surface area contributed by atoms with Crippen molar-refractivity contribution in [3.8, 4) is 0 Å². The molecular formula is C11H16N4O4S. The molecule has 8 nitrogen and oxygen atoms in total. The third-order valence-electron chi connectivity index (χ3n) is 3.41. The summed E-state index contributed by atoms with van der Waals surface area (Å²) >= 11 is 0. The zero-order chi connectivity index (χ0) is 14.8. The van der Waals surface area contributed by atoms with Crippen LogP contribution in [0.5, 0.6) is 0 Å². The Hall–Kier alpha value is -1.71. The van der Waals surface area contributed by atoms with Gasteiger partial charge in [-0.3, -0.25) is 16.0 Å². The van der Waals surface area contributed by atoms with Gasteiger partial charge in [-0.15, -0.1) is 0 Å². The second kappa shape index (κ2) is 5.73. The molecule has 9 heteroatoms. The Balaban J connectivity index is 2.23. The maximum Gasteiger partial charge on any atom is 0.271 e. The zero-order valence-electron chi connectivity index (χ0n) is 10.7. The number of nitrogens with two attached hydrogens (primary N) is 1. The molecule has 1 aliphatic rings. The quantitative estimate of drug-likeness (QED) is 0.408. The number of benzene rings is 1. The molecule has 0 saturated heterocycles. The fourth-order valence-corrected chi connectivity index (χ4v) is 3.25. The van der Waals surface area contributed by atoms with Crippen LogP contribution in [0.25, 0.3) is 0 Å². The predicted octanol–water partition coefficient (Wildman–Crippen LogP) is 0.959. The van der Waals surface area contributed by atoms with Gasteiger partial charge in [0.15, 0.2) is 0 Å². The van der Waals surface area contributed by atoms with E-state index < -0.39 is 14.9 Å². The number of rotatable bonds is 6. The minimum Gasteiger partial charge on any atom is -0.323 e. The average molecular weight is 300 g/mol. The topological polar surface area (TPSA) is 127 Å². The number of hydrogen-bond acceptors (Lipinski definition) is 6. The van der Waals surface area contributed by atoms with Gasteiger partial charge < -0.3 is 5.43 Å². The Morgan fingerprint density at radius 1 is 1.40 bits per heavy atom. The first-order valence-corrected chi connectivity index (χ1v) is 7.67. The molecule has 1 aromatic rings. The zero-order valence-corrected chi connectivity index (χ0v) is 11.5. The van der Waals surface area contributed by atoms with Gasteiger partial charge in [-0.05, 0) is 24.8 Å². The Morgan fingerprint density at radius 3 is 2.60 bits per heavy atom. The Kier molecular flexibility index (Phi) is 4.21.